The molecule has 1 N–H and O–H groups in total. The summed E-state index contributed by atoms with van der Waals surface area (Å²) in [6, 6.07) is 0. The zero-order valence-corrected chi connectivity index (χ0v) is 9.67. The molecule has 0 saturated heterocycles. The number of rotatable bonds is 2. The summed E-state index contributed by atoms with van der Waals surface area (Å²) in [5.74, 6) is 0. The van der Waals surface area contributed by atoms with Gasteiger partial charge in [0.1, 0.15) is 6.67 Å². The van der Waals surface area contributed by atoms with Crippen LogP contribution in [0.3, 0.4) is 0 Å². The van der Waals surface area contributed by atoms with Crippen LogP contribution in [-0.2, 0) is 6.67 Å². The van der Waals surface area contributed by atoms with Crippen LogP contribution in [0.5, 0.6) is 0 Å². The normalized spacial score (nSPS) is 9.21. The fourth-order valence-electron chi connectivity index (χ4n) is 0.783. The maximum atomic E-state index is 12.3. The van der Waals surface area contributed by atoms with Crippen molar-refractivity contribution in [2.45, 2.75) is 32.6 Å². The largest absolute Gasteiger partial charge is 0.301 e. The van der Waals surface area contributed by atoms with E-state index >= 15 is 0 Å². The predicted octanol–water partition coefficient (Wildman–Crippen LogP) is 2.30. The van der Waals surface area contributed by atoms with Gasteiger partial charge in [-0.3, -0.25) is 4.79 Å². The zero-order valence-electron chi connectivity index (χ0n) is 8.85. The highest BCUT2D eigenvalue weighted by molar-refractivity contribution is 7.98. The summed E-state index contributed by atoms with van der Waals surface area (Å²) in [5, 5.41) is 0.457. The number of hydrogen-bond acceptors (Lipinski definition) is 3. The number of hydrogen-bond donors (Lipinski definition) is 1. The Balaban J connectivity index is 0.000000791. The molecule has 0 fully saturated rings. The van der Waals surface area contributed by atoms with E-state index in [1.165, 1.54) is 11.8 Å². The molecule has 0 aliphatic rings. The topological polar surface area (TPSA) is 45.8 Å². The van der Waals surface area contributed by atoms with E-state index in [1.807, 2.05) is 13.8 Å². The number of halogens is 1. The first-order valence-electron chi connectivity index (χ1n) is 4.38. The Morgan fingerprint density at radius 2 is 2.07 bits per heavy atom. The molecule has 0 aliphatic heterocycles. The summed E-state index contributed by atoms with van der Waals surface area (Å²) in [5.41, 5.74) is 0.320. The first-order valence-corrected chi connectivity index (χ1v) is 5.61. The number of thioether (sulfide) groups is 1. The average Bonchev–Trinajstić information content (AvgIpc) is 2.24. The van der Waals surface area contributed by atoms with Crippen molar-refractivity contribution < 1.29 is 4.39 Å². The SMILES string of the molecule is CC.CSc1nc(CF)c(C)c(=O)[nH]1. The Bertz CT molecular complexity index is 338. The van der Waals surface area contributed by atoms with Gasteiger partial charge in [-0.05, 0) is 13.2 Å². The molecule has 0 unspecified atom stereocenters. The van der Waals surface area contributed by atoms with E-state index < -0.39 is 6.67 Å². The van der Waals surface area contributed by atoms with Gasteiger partial charge in [0.25, 0.3) is 5.56 Å². The number of aromatic amines is 1. The van der Waals surface area contributed by atoms with Crippen LogP contribution < -0.4 is 5.56 Å². The molecule has 0 atom stereocenters. The van der Waals surface area contributed by atoms with Crippen molar-refractivity contribution in [1.82, 2.24) is 9.97 Å². The van der Waals surface area contributed by atoms with Crippen LogP contribution >= 0.6 is 11.8 Å². The Morgan fingerprint density at radius 1 is 1.50 bits per heavy atom. The summed E-state index contributed by atoms with van der Waals surface area (Å²) in [4.78, 5) is 17.5. The number of nitrogens with one attached hydrogen (secondary N) is 1. The van der Waals surface area contributed by atoms with Crippen LogP contribution in [0.2, 0.25) is 0 Å². The Labute approximate surface area is 87.2 Å². The van der Waals surface area contributed by atoms with E-state index in [0.717, 1.165) is 0 Å². The number of aromatic nitrogens is 2. The van der Waals surface area contributed by atoms with E-state index in [4.69, 9.17) is 0 Å². The monoisotopic (exact) mass is 218 g/mol. The molecule has 0 amide bonds. The highest BCUT2D eigenvalue weighted by atomic mass is 32.2. The molecule has 14 heavy (non-hydrogen) atoms. The maximum Gasteiger partial charge on any atom is 0.254 e. The van der Waals surface area contributed by atoms with E-state index in [1.54, 1.807) is 13.2 Å². The molecule has 1 aromatic heterocycles. The van der Waals surface area contributed by atoms with Gasteiger partial charge >= 0.3 is 0 Å². The number of H-pyrrole nitrogens is 1. The molecule has 5 heteroatoms. The molecule has 0 saturated carbocycles. The molecule has 80 valence electrons. The Hall–Kier alpha value is -0.840. The van der Waals surface area contributed by atoms with Gasteiger partial charge in [0.05, 0.1) is 5.69 Å². The molecular weight excluding hydrogens is 203 g/mol. The average molecular weight is 218 g/mol. The van der Waals surface area contributed by atoms with Crippen LogP contribution in [0.4, 0.5) is 4.39 Å². The lowest BCUT2D eigenvalue weighted by Gasteiger charge is -2.00. The molecule has 1 aromatic rings. The molecule has 0 radical (unpaired) electrons. The summed E-state index contributed by atoms with van der Waals surface area (Å²) < 4.78 is 12.3. The number of nitrogens with zero attached hydrogens (tertiary/aromatic N) is 1. The standard InChI is InChI=1S/C7H9FN2OS.C2H6/c1-4-5(3-8)9-7(12-2)10-6(4)11;1-2/h3H2,1-2H3,(H,9,10,11);1-2H3. The maximum absolute atomic E-state index is 12.3. The third-order valence-corrected chi connectivity index (χ3v) is 2.13. The van der Waals surface area contributed by atoms with Gasteiger partial charge in [-0.1, -0.05) is 25.6 Å². The van der Waals surface area contributed by atoms with Crippen molar-refractivity contribution >= 4 is 11.8 Å². The summed E-state index contributed by atoms with van der Waals surface area (Å²) >= 11 is 1.29. The minimum Gasteiger partial charge on any atom is -0.301 e. The molecule has 1 heterocycles. The Morgan fingerprint density at radius 3 is 2.50 bits per heavy atom. The van der Waals surface area contributed by atoms with Gasteiger partial charge in [0.15, 0.2) is 5.16 Å². The minimum atomic E-state index is -0.691. The van der Waals surface area contributed by atoms with Crippen molar-refractivity contribution in [3.8, 4) is 0 Å². The third-order valence-electron chi connectivity index (χ3n) is 1.55. The molecule has 3 nitrogen and oxygen atoms in total. The first-order chi connectivity index (χ1) is 6.69. The molecular formula is C9H15FN2OS. The van der Waals surface area contributed by atoms with Crippen LogP contribution in [-0.4, -0.2) is 16.2 Å². The summed E-state index contributed by atoms with van der Waals surface area (Å²) in [6.07, 6.45) is 1.77. The van der Waals surface area contributed by atoms with Crippen molar-refractivity contribution in [3.63, 3.8) is 0 Å². The fourth-order valence-corrected chi connectivity index (χ4v) is 1.18. The predicted molar refractivity (Wildman–Crippen MR) is 57.5 cm³/mol. The van der Waals surface area contributed by atoms with Crippen LogP contribution in [0.25, 0.3) is 0 Å². The first kappa shape index (κ1) is 13.2. The molecule has 0 bridgehead atoms. The van der Waals surface area contributed by atoms with Gasteiger partial charge in [0.2, 0.25) is 0 Å². The summed E-state index contributed by atoms with van der Waals surface area (Å²) in [7, 11) is 0. The fraction of sp³-hybridized carbons (Fsp3) is 0.556. The van der Waals surface area contributed by atoms with Gasteiger partial charge in [-0.25, -0.2) is 9.37 Å². The van der Waals surface area contributed by atoms with Crippen LogP contribution in [0.1, 0.15) is 25.1 Å². The smallest absolute Gasteiger partial charge is 0.254 e. The lowest BCUT2D eigenvalue weighted by Crippen LogP contribution is -2.15. The third kappa shape index (κ3) is 3.14. The van der Waals surface area contributed by atoms with Crippen molar-refractivity contribution in [2.75, 3.05) is 6.26 Å². The zero-order chi connectivity index (χ0) is 11.1. The van der Waals surface area contributed by atoms with E-state index in [-0.39, 0.29) is 11.3 Å². The van der Waals surface area contributed by atoms with E-state index in [9.17, 15) is 9.18 Å². The molecule has 1 rings (SSSR count). The lowest BCUT2D eigenvalue weighted by molar-refractivity contribution is 0.469. The molecule has 0 aliphatic carbocycles. The van der Waals surface area contributed by atoms with Crippen molar-refractivity contribution in [1.29, 1.82) is 0 Å². The minimum absolute atomic E-state index is 0.225. The second-order valence-electron chi connectivity index (χ2n) is 2.28. The van der Waals surface area contributed by atoms with E-state index in [0.29, 0.717) is 10.7 Å². The highest BCUT2D eigenvalue weighted by Crippen LogP contribution is 2.08. The Kier molecular flexibility index (Phi) is 6.19. The second kappa shape index (κ2) is 6.59. The number of alkyl halides is 1. The lowest BCUT2D eigenvalue weighted by atomic mass is 10.3. The quantitative estimate of drug-likeness (QED) is 0.612. The van der Waals surface area contributed by atoms with Gasteiger partial charge in [-0.15, -0.1) is 0 Å². The molecule has 0 aromatic carbocycles. The van der Waals surface area contributed by atoms with E-state index in [2.05, 4.69) is 9.97 Å². The van der Waals surface area contributed by atoms with Gasteiger partial charge in [0, 0.05) is 5.56 Å². The van der Waals surface area contributed by atoms with Gasteiger partial charge < -0.3 is 4.98 Å². The van der Waals surface area contributed by atoms with Crippen molar-refractivity contribution in [3.05, 3.63) is 21.6 Å². The summed E-state index contributed by atoms with van der Waals surface area (Å²) in [6.45, 7) is 4.87. The van der Waals surface area contributed by atoms with Crippen LogP contribution in [0.15, 0.2) is 9.95 Å². The second-order valence-corrected chi connectivity index (χ2v) is 3.08. The highest BCUT2D eigenvalue weighted by Gasteiger charge is 2.05. The van der Waals surface area contributed by atoms with Crippen molar-refractivity contribution in [2.24, 2.45) is 0 Å². The molecule has 0 spiro atoms. The van der Waals surface area contributed by atoms with Gasteiger partial charge in [-0.2, -0.15) is 0 Å². The van der Waals surface area contributed by atoms with Crippen LogP contribution in [0, 0.1) is 6.92 Å².